The molecule has 1 rings (SSSR count). The van der Waals surface area contributed by atoms with Gasteiger partial charge in [0.05, 0.1) is 7.11 Å². The van der Waals surface area contributed by atoms with E-state index in [2.05, 4.69) is 9.47 Å². The van der Waals surface area contributed by atoms with Crippen LogP contribution in [0.1, 0.15) is 0 Å². The first kappa shape index (κ1) is 16.9. The van der Waals surface area contributed by atoms with Crippen LogP contribution >= 0.6 is 0 Å². The van der Waals surface area contributed by atoms with Gasteiger partial charge in [-0.3, -0.25) is 4.79 Å². The average molecular weight is 317 g/mol. The van der Waals surface area contributed by atoms with Gasteiger partial charge in [0.1, 0.15) is 0 Å². The quantitative estimate of drug-likeness (QED) is 0.820. The molecule has 4 nitrogen and oxygen atoms in total. The molecule has 0 aliphatic rings. The predicted octanol–water partition coefficient (Wildman–Crippen LogP) is 3.14. The number of carbonyl (C=O) groups excluding carboxylic acids is 1. The number of rotatable bonds is 6. The lowest BCUT2D eigenvalue weighted by atomic mass is 10.2. The lowest BCUT2D eigenvalue weighted by Gasteiger charge is -2.16. The number of carbonyl (C=O) groups is 1. The normalized spacial score (nSPS) is 11.7. The predicted molar refractivity (Wildman–Crippen MR) is 59.2 cm³/mol. The Balaban J connectivity index is 2.97. The van der Waals surface area contributed by atoms with Gasteiger partial charge in [0, 0.05) is 11.8 Å². The van der Waals surface area contributed by atoms with Gasteiger partial charge in [0.2, 0.25) is 0 Å². The summed E-state index contributed by atoms with van der Waals surface area (Å²) < 4.78 is 82.5. The highest BCUT2D eigenvalue weighted by Gasteiger charge is 2.49. The van der Waals surface area contributed by atoms with Crippen molar-refractivity contribution in [1.82, 2.24) is 0 Å². The molecule has 0 spiro atoms. The second-order valence-corrected chi connectivity index (χ2v) is 3.62. The van der Waals surface area contributed by atoms with Crippen LogP contribution in [0.25, 0.3) is 0 Å². The van der Waals surface area contributed by atoms with Gasteiger partial charge < -0.3 is 14.8 Å². The van der Waals surface area contributed by atoms with Gasteiger partial charge in [-0.25, -0.2) is 8.78 Å². The molecular weight excluding hydrogens is 308 g/mol. The number of nitrogens with one attached hydrogen (secondary N) is 1. The summed E-state index contributed by atoms with van der Waals surface area (Å²) in [7, 11) is 1.14. The number of amides is 1. The van der Waals surface area contributed by atoms with Crippen LogP contribution in [0.15, 0.2) is 18.2 Å². The summed E-state index contributed by atoms with van der Waals surface area (Å²) in [6.45, 7) is -3.23. The lowest BCUT2D eigenvalue weighted by molar-refractivity contribution is -0.163. The third-order valence-electron chi connectivity index (χ3n) is 2.21. The average Bonchev–Trinajstić information content (AvgIpc) is 2.38. The van der Waals surface area contributed by atoms with E-state index in [0.29, 0.717) is 0 Å². The van der Waals surface area contributed by atoms with Crippen molar-refractivity contribution in [2.24, 2.45) is 0 Å². The Morgan fingerprint density at radius 3 is 2.29 bits per heavy atom. The molecule has 0 fully saturated rings. The van der Waals surface area contributed by atoms with Crippen LogP contribution in [0.3, 0.4) is 0 Å². The number of halogens is 6. The van der Waals surface area contributed by atoms with Gasteiger partial charge in [0.25, 0.3) is 0 Å². The van der Waals surface area contributed by atoms with Crippen molar-refractivity contribution < 1.29 is 40.6 Å². The summed E-state index contributed by atoms with van der Waals surface area (Å²) in [6, 6.07) is 2.77. The van der Waals surface area contributed by atoms with E-state index in [1.165, 1.54) is 5.32 Å². The van der Waals surface area contributed by atoms with E-state index < -0.39 is 36.3 Å². The molecule has 0 atom stereocenters. The first-order chi connectivity index (χ1) is 9.68. The largest absolute Gasteiger partial charge is 0.493 e. The number of anilines is 1. The smallest absolute Gasteiger partial charge is 0.387 e. The van der Waals surface area contributed by atoms with Crippen LogP contribution in [0.4, 0.5) is 32.0 Å². The minimum Gasteiger partial charge on any atom is -0.493 e. The van der Waals surface area contributed by atoms with E-state index in [4.69, 9.17) is 0 Å². The van der Waals surface area contributed by atoms with E-state index in [1.54, 1.807) is 0 Å². The van der Waals surface area contributed by atoms with Gasteiger partial charge >= 0.3 is 24.9 Å². The topological polar surface area (TPSA) is 47.6 Å². The van der Waals surface area contributed by atoms with Crippen LogP contribution in [0.2, 0.25) is 0 Å². The van der Waals surface area contributed by atoms with Crippen molar-refractivity contribution in [2.45, 2.75) is 19.0 Å². The van der Waals surface area contributed by atoms with Crippen molar-refractivity contribution in [3.63, 3.8) is 0 Å². The maximum absolute atomic E-state index is 12.7. The van der Waals surface area contributed by atoms with Gasteiger partial charge in [-0.1, -0.05) is 0 Å². The summed E-state index contributed by atoms with van der Waals surface area (Å²) in [5.41, 5.74) is -0.434. The molecular formula is C11H9F6NO3. The molecule has 0 heterocycles. The Morgan fingerprint density at radius 2 is 1.81 bits per heavy atom. The third-order valence-corrected chi connectivity index (χ3v) is 2.21. The fourth-order valence-electron chi connectivity index (χ4n) is 1.26. The molecule has 10 heteroatoms. The molecule has 1 aromatic rings. The van der Waals surface area contributed by atoms with E-state index in [-0.39, 0.29) is 5.75 Å². The van der Waals surface area contributed by atoms with Crippen molar-refractivity contribution in [2.75, 3.05) is 12.4 Å². The zero-order valence-electron chi connectivity index (χ0n) is 10.4. The fraction of sp³-hybridized carbons (Fsp3) is 0.364. The molecule has 0 bridgehead atoms. The molecule has 0 aromatic heterocycles. The monoisotopic (exact) mass is 317 g/mol. The Bertz CT molecular complexity index is 509. The van der Waals surface area contributed by atoms with Crippen molar-refractivity contribution in [1.29, 1.82) is 0 Å². The highest BCUT2D eigenvalue weighted by Crippen LogP contribution is 2.32. The van der Waals surface area contributed by atoms with Crippen LogP contribution in [-0.2, 0) is 4.79 Å². The molecule has 0 saturated heterocycles. The van der Waals surface area contributed by atoms with Crippen LogP contribution in [0, 0.1) is 0 Å². The first-order valence-corrected chi connectivity index (χ1v) is 5.28. The molecule has 1 aromatic carbocycles. The molecule has 0 saturated carbocycles. The Morgan fingerprint density at radius 1 is 1.19 bits per heavy atom. The third kappa shape index (κ3) is 4.17. The molecule has 118 valence electrons. The maximum Gasteiger partial charge on any atom is 0.387 e. The number of hydrogen-bond donors (Lipinski definition) is 1. The Hall–Kier alpha value is -2.13. The summed E-state index contributed by atoms with van der Waals surface area (Å²) >= 11 is 0. The lowest BCUT2D eigenvalue weighted by Crippen LogP contribution is -2.40. The highest BCUT2D eigenvalue weighted by molar-refractivity contribution is 5.96. The Labute approximate surface area is 114 Å². The fourth-order valence-corrected chi connectivity index (χ4v) is 1.26. The van der Waals surface area contributed by atoms with Crippen molar-refractivity contribution in [3.05, 3.63) is 18.2 Å². The number of benzene rings is 1. The first-order valence-electron chi connectivity index (χ1n) is 5.28. The molecule has 21 heavy (non-hydrogen) atoms. The van der Waals surface area contributed by atoms with Gasteiger partial charge in [-0.05, 0) is 12.1 Å². The molecule has 1 amide bonds. The van der Waals surface area contributed by atoms with Crippen LogP contribution in [-0.4, -0.2) is 32.0 Å². The summed E-state index contributed by atoms with van der Waals surface area (Å²) in [5.74, 6) is -7.89. The number of alkyl halides is 6. The highest BCUT2D eigenvalue weighted by atomic mass is 19.3. The Kier molecular flexibility index (Phi) is 5.28. The van der Waals surface area contributed by atoms with Crippen molar-refractivity contribution in [3.8, 4) is 11.5 Å². The molecule has 0 aliphatic heterocycles. The summed E-state index contributed by atoms with van der Waals surface area (Å²) in [4.78, 5) is 11.0. The van der Waals surface area contributed by atoms with E-state index >= 15 is 0 Å². The molecule has 0 unspecified atom stereocenters. The standard InChI is InChI=1S/C11H9F6NO3/c1-20-6-3-2-5(4-7(6)21-10(14)15)18-9(19)11(16,17)8(12)13/h2-4,8,10H,1H3,(H,18,19). The van der Waals surface area contributed by atoms with E-state index in [0.717, 1.165) is 25.3 Å². The van der Waals surface area contributed by atoms with Gasteiger partial charge in [-0.2, -0.15) is 17.6 Å². The van der Waals surface area contributed by atoms with Gasteiger partial charge in [0.15, 0.2) is 11.5 Å². The SMILES string of the molecule is COc1ccc(NC(=O)C(F)(F)C(F)F)cc1OC(F)F. The zero-order valence-corrected chi connectivity index (χ0v) is 10.4. The van der Waals surface area contributed by atoms with Crippen LogP contribution < -0.4 is 14.8 Å². The van der Waals surface area contributed by atoms with E-state index in [9.17, 15) is 31.1 Å². The van der Waals surface area contributed by atoms with Crippen LogP contribution in [0.5, 0.6) is 11.5 Å². The van der Waals surface area contributed by atoms with Crippen molar-refractivity contribution >= 4 is 11.6 Å². The summed E-state index contributed by atoms with van der Waals surface area (Å²) in [6.07, 6.45) is -4.20. The maximum atomic E-state index is 12.7. The van der Waals surface area contributed by atoms with Gasteiger partial charge in [-0.15, -0.1) is 0 Å². The number of ether oxygens (including phenoxy) is 2. The molecule has 0 radical (unpaired) electrons. The van der Waals surface area contributed by atoms with E-state index in [1.807, 2.05) is 0 Å². The second-order valence-electron chi connectivity index (χ2n) is 3.62. The number of methoxy groups -OCH3 is 1. The molecule has 1 N–H and O–H groups in total. The minimum atomic E-state index is -4.91. The summed E-state index contributed by atoms with van der Waals surface area (Å²) in [5, 5.41) is 1.48. The number of hydrogen-bond acceptors (Lipinski definition) is 3. The zero-order chi connectivity index (χ0) is 16.2. The minimum absolute atomic E-state index is 0.158. The second kappa shape index (κ2) is 6.55. The molecule has 0 aliphatic carbocycles.